The van der Waals surface area contributed by atoms with Gasteiger partial charge in [0.1, 0.15) is 13.1 Å². The molecule has 5 nitrogen and oxygen atoms in total. The number of carbonyl (C=O) groups is 2. The van der Waals surface area contributed by atoms with Crippen LogP contribution in [0.3, 0.4) is 0 Å². The molecule has 2 bridgehead atoms. The molecule has 0 amide bonds. The number of nitrogens with zero attached hydrogens (tertiary/aromatic N) is 1. The maximum atomic E-state index is 12.5. The number of quaternary nitrogens is 1. The maximum absolute atomic E-state index is 12.5. The first-order valence-corrected chi connectivity index (χ1v) is 10.5. The van der Waals surface area contributed by atoms with Crippen molar-refractivity contribution in [2.45, 2.75) is 39.7 Å². The van der Waals surface area contributed by atoms with Gasteiger partial charge in [0.25, 0.3) is 0 Å². The molecule has 28 heavy (non-hydrogen) atoms. The Morgan fingerprint density at radius 1 is 1.07 bits per heavy atom. The van der Waals surface area contributed by atoms with Gasteiger partial charge in [-0.05, 0) is 35.7 Å². The van der Waals surface area contributed by atoms with Crippen molar-refractivity contribution in [3.05, 3.63) is 41.9 Å². The highest BCUT2D eigenvalue weighted by molar-refractivity contribution is 6.71. The molecule has 2 heterocycles. The van der Waals surface area contributed by atoms with Crippen molar-refractivity contribution in [1.82, 2.24) is 0 Å². The highest BCUT2D eigenvalue weighted by Crippen LogP contribution is 2.64. The van der Waals surface area contributed by atoms with Gasteiger partial charge in [-0.2, -0.15) is 0 Å². The molecule has 0 spiro atoms. The number of hydrogen-bond donors (Lipinski definition) is 0. The highest BCUT2D eigenvalue weighted by Gasteiger charge is 2.71. The molecule has 2 aliphatic heterocycles. The smallest absolute Gasteiger partial charge is 0.596 e. The van der Waals surface area contributed by atoms with Crippen LogP contribution in [0.5, 0.6) is 0 Å². The van der Waals surface area contributed by atoms with E-state index in [1.165, 1.54) is 6.42 Å². The molecule has 148 valence electrons. The van der Waals surface area contributed by atoms with Crippen LogP contribution in [-0.2, 0) is 18.9 Å². The molecular formula is C22H28BNO4. The van der Waals surface area contributed by atoms with Crippen LogP contribution in [-0.4, -0.2) is 42.2 Å². The van der Waals surface area contributed by atoms with E-state index in [1.807, 2.05) is 42.4 Å². The van der Waals surface area contributed by atoms with Crippen LogP contribution in [0.25, 0.3) is 6.08 Å². The van der Waals surface area contributed by atoms with Crippen molar-refractivity contribution in [3.63, 3.8) is 0 Å². The van der Waals surface area contributed by atoms with Crippen molar-refractivity contribution >= 4 is 24.7 Å². The Kier molecular flexibility index (Phi) is 3.68. The van der Waals surface area contributed by atoms with Crippen LogP contribution in [0.4, 0.5) is 0 Å². The number of hydrogen-bond acceptors (Lipinski definition) is 4. The van der Waals surface area contributed by atoms with Crippen molar-refractivity contribution in [2.75, 3.05) is 13.1 Å². The number of benzene rings is 1. The van der Waals surface area contributed by atoms with Gasteiger partial charge < -0.3 is 13.7 Å². The van der Waals surface area contributed by atoms with Crippen LogP contribution in [0.2, 0.25) is 0 Å². The Morgan fingerprint density at radius 3 is 2.29 bits per heavy atom. The lowest BCUT2D eigenvalue weighted by Crippen LogP contribution is -2.73. The van der Waals surface area contributed by atoms with Gasteiger partial charge in [-0.3, -0.25) is 9.59 Å². The van der Waals surface area contributed by atoms with Crippen LogP contribution in [0.15, 0.2) is 36.3 Å². The topological polar surface area (TPSA) is 52.6 Å². The Labute approximate surface area is 166 Å². The third kappa shape index (κ3) is 2.24. The molecule has 2 saturated heterocycles. The maximum Gasteiger partial charge on any atom is 0.608 e. The summed E-state index contributed by atoms with van der Waals surface area (Å²) in [5.74, 6) is 3.05. The third-order valence-electron chi connectivity index (χ3n) is 8.47. The first kappa shape index (κ1) is 18.0. The minimum Gasteiger partial charge on any atom is -0.596 e. The van der Waals surface area contributed by atoms with Crippen molar-refractivity contribution in [2.24, 2.45) is 23.2 Å². The molecular weight excluding hydrogens is 353 g/mol. The van der Waals surface area contributed by atoms with Gasteiger partial charge in [0.15, 0.2) is 0 Å². The molecule has 5 aliphatic rings. The quantitative estimate of drug-likeness (QED) is 0.755. The zero-order valence-electron chi connectivity index (χ0n) is 16.8. The molecule has 3 saturated carbocycles. The minimum absolute atomic E-state index is 0.218. The van der Waals surface area contributed by atoms with E-state index < -0.39 is 6.69 Å². The predicted molar refractivity (Wildman–Crippen MR) is 106 cm³/mol. The Balaban J connectivity index is 1.55. The van der Waals surface area contributed by atoms with Gasteiger partial charge in [0, 0.05) is 5.92 Å². The van der Waals surface area contributed by atoms with Gasteiger partial charge in [0.05, 0.1) is 6.04 Å². The Bertz CT molecular complexity index is 845. The molecule has 0 aromatic heterocycles. The first-order chi connectivity index (χ1) is 13.3. The Hall–Kier alpha value is -2.08. The van der Waals surface area contributed by atoms with Gasteiger partial charge in [0.2, 0.25) is 0 Å². The third-order valence-corrected chi connectivity index (χ3v) is 8.47. The summed E-state index contributed by atoms with van der Waals surface area (Å²) < 4.78 is 12.0. The van der Waals surface area contributed by atoms with Gasteiger partial charge in [-0.1, -0.05) is 63.2 Å². The van der Waals surface area contributed by atoms with E-state index in [1.54, 1.807) is 0 Å². The molecule has 5 fully saturated rings. The lowest BCUT2D eigenvalue weighted by molar-refractivity contribution is -0.850. The minimum atomic E-state index is -2.16. The molecule has 1 aromatic carbocycles. The summed E-state index contributed by atoms with van der Waals surface area (Å²) in [6, 6.07) is 10.1. The average molecular weight is 381 g/mol. The Morgan fingerprint density at radius 2 is 1.71 bits per heavy atom. The summed E-state index contributed by atoms with van der Waals surface area (Å²) in [7, 11) is 0. The normalized spacial score (nSPS) is 43.4. The molecule has 6 rings (SSSR count). The second-order valence-electron chi connectivity index (χ2n) is 9.92. The SMILES string of the molecule is C[C@@H]1[C@H]2C[C@@H](C[C@H]1[N+]13CC(=O)O[B-]1(/C=C/c1ccccc1)OC(=O)C3)C2(C)C. The summed E-state index contributed by atoms with van der Waals surface area (Å²) in [5.41, 5.74) is 1.35. The lowest BCUT2D eigenvalue weighted by Gasteiger charge is -2.66. The van der Waals surface area contributed by atoms with E-state index in [0.29, 0.717) is 27.6 Å². The summed E-state index contributed by atoms with van der Waals surface area (Å²) in [4.78, 5) is 25.0. The zero-order chi connectivity index (χ0) is 19.7. The van der Waals surface area contributed by atoms with Gasteiger partial charge in [-0.25, -0.2) is 0 Å². The number of fused-ring (bicyclic) bond motifs is 4. The average Bonchev–Trinajstić information content (AvgIpc) is 3.06. The predicted octanol–water partition coefficient (Wildman–Crippen LogP) is 3.18. The van der Waals surface area contributed by atoms with E-state index in [9.17, 15) is 9.59 Å². The van der Waals surface area contributed by atoms with Crippen LogP contribution in [0, 0.1) is 23.2 Å². The van der Waals surface area contributed by atoms with E-state index >= 15 is 0 Å². The summed E-state index contributed by atoms with van der Waals surface area (Å²) in [6.45, 7) is 5.34. The summed E-state index contributed by atoms with van der Waals surface area (Å²) >= 11 is 0. The summed E-state index contributed by atoms with van der Waals surface area (Å²) in [6.07, 6.45) is 4.22. The fourth-order valence-electron chi connectivity index (χ4n) is 6.83. The van der Waals surface area contributed by atoms with E-state index in [2.05, 4.69) is 20.8 Å². The second-order valence-corrected chi connectivity index (χ2v) is 9.92. The fourth-order valence-corrected chi connectivity index (χ4v) is 6.83. The first-order valence-electron chi connectivity index (χ1n) is 10.5. The van der Waals surface area contributed by atoms with Crippen LogP contribution >= 0.6 is 0 Å². The highest BCUT2D eigenvalue weighted by atomic mass is 16.7. The summed E-state index contributed by atoms with van der Waals surface area (Å²) in [5, 5.41) is 0. The van der Waals surface area contributed by atoms with Gasteiger partial charge >= 0.3 is 18.6 Å². The van der Waals surface area contributed by atoms with Gasteiger partial charge in [-0.15, -0.1) is 0 Å². The molecule has 3 aliphatic carbocycles. The zero-order valence-corrected chi connectivity index (χ0v) is 16.8. The van der Waals surface area contributed by atoms with E-state index in [-0.39, 0.29) is 31.1 Å². The van der Waals surface area contributed by atoms with Crippen molar-refractivity contribution in [3.8, 4) is 0 Å². The number of rotatable bonds is 3. The molecule has 0 unspecified atom stereocenters. The molecule has 4 atom stereocenters. The van der Waals surface area contributed by atoms with Crippen LogP contribution in [0.1, 0.15) is 39.2 Å². The molecule has 0 N–H and O–H groups in total. The van der Waals surface area contributed by atoms with Crippen molar-refractivity contribution in [1.29, 1.82) is 0 Å². The molecule has 0 radical (unpaired) electrons. The second kappa shape index (κ2) is 5.72. The molecule has 1 aromatic rings. The van der Waals surface area contributed by atoms with E-state index in [4.69, 9.17) is 9.31 Å². The standard InChI is InChI=1S/C22H28BNO4/c1-15-18-11-17(22(18,2)3)12-19(15)24-13-20(25)27-23(24,28-21(26)14-24)10-9-16-7-5-4-6-8-16/h4-10,15,17-19H,11-14H2,1-3H3/b10-9+/t15-,17+,18-,19-,23?,24?/m1/s1. The van der Waals surface area contributed by atoms with E-state index in [0.717, 1.165) is 12.0 Å². The largest absolute Gasteiger partial charge is 0.608 e. The number of carbonyl (C=O) groups excluding carboxylic acids is 2. The van der Waals surface area contributed by atoms with Crippen molar-refractivity contribution < 1.29 is 23.3 Å². The monoisotopic (exact) mass is 381 g/mol. The molecule has 6 heteroatoms. The lowest BCUT2D eigenvalue weighted by atomic mass is 9.43. The van der Waals surface area contributed by atoms with Crippen LogP contribution < -0.4 is 0 Å². The fraction of sp³-hybridized carbons (Fsp3) is 0.545.